The van der Waals surface area contributed by atoms with E-state index in [9.17, 15) is 9.59 Å². The molecule has 3 aromatic heterocycles. The van der Waals surface area contributed by atoms with Crippen molar-refractivity contribution in [3.8, 4) is 0 Å². The molecule has 164 valence electrons. The van der Waals surface area contributed by atoms with Crippen LogP contribution in [0.2, 0.25) is 0 Å². The van der Waals surface area contributed by atoms with Crippen molar-refractivity contribution in [3.63, 3.8) is 0 Å². The molecule has 7 nitrogen and oxygen atoms in total. The molecular formula is C24H25N5O2S. The van der Waals surface area contributed by atoms with Gasteiger partial charge in [0.1, 0.15) is 0 Å². The highest BCUT2D eigenvalue weighted by Gasteiger charge is 2.29. The number of benzene rings is 1. The van der Waals surface area contributed by atoms with Crippen molar-refractivity contribution in [1.29, 1.82) is 0 Å². The van der Waals surface area contributed by atoms with Gasteiger partial charge in [-0.1, -0.05) is 18.2 Å². The zero-order valence-electron chi connectivity index (χ0n) is 17.6. The third-order valence-corrected chi connectivity index (χ3v) is 6.74. The predicted octanol–water partition coefficient (Wildman–Crippen LogP) is 4.43. The number of H-pyrrole nitrogens is 2. The van der Waals surface area contributed by atoms with Crippen molar-refractivity contribution >= 4 is 39.9 Å². The number of hydrogen-bond donors (Lipinski definition) is 3. The van der Waals surface area contributed by atoms with Gasteiger partial charge in [-0.25, -0.2) is 0 Å². The number of carbonyl (C=O) groups is 2. The van der Waals surface area contributed by atoms with Gasteiger partial charge in [0, 0.05) is 29.7 Å². The molecule has 1 atom stereocenters. The van der Waals surface area contributed by atoms with Crippen LogP contribution in [-0.4, -0.2) is 38.4 Å². The maximum absolute atomic E-state index is 13.3. The lowest BCUT2D eigenvalue weighted by Gasteiger charge is -2.35. The van der Waals surface area contributed by atoms with E-state index in [1.54, 1.807) is 11.3 Å². The summed E-state index contributed by atoms with van der Waals surface area (Å²) in [5.41, 5.74) is 3.91. The van der Waals surface area contributed by atoms with E-state index in [2.05, 4.69) is 20.5 Å². The van der Waals surface area contributed by atoms with Crippen molar-refractivity contribution in [3.05, 3.63) is 70.2 Å². The number of fused-ring (bicyclic) bond motifs is 1. The van der Waals surface area contributed by atoms with Gasteiger partial charge in [0.15, 0.2) is 5.82 Å². The van der Waals surface area contributed by atoms with Crippen LogP contribution >= 0.6 is 11.3 Å². The molecule has 1 saturated heterocycles. The molecule has 0 aliphatic carbocycles. The van der Waals surface area contributed by atoms with E-state index in [1.807, 2.05) is 58.3 Å². The first-order valence-corrected chi connectivity index (χ1v) is 11.8. The number of para-hydroxylation sites is 1. The number of rotatable bonds is 6. The van der Waals surface area contributed by atoms with E-state index in [1.165, 1.54) is 0 Å². The summed E-state index contributed by atoms with van der Waals surface area (Å²) in [5, 5.41) is 15.2. The van der Waals surface area contributed by atoms with Crippen molar-refractivity contribution < 1.29 is 9.59 Å². The molecule has 1 aromatic carbocycles. The molecule has 5 rings (SSSR count). The van der Waals surface area contributed by atoms with E-state index in [4.69, 9.17) is 0 Å². The number of aromatic nitrogens is 3. The molecule has 0 spiro atoms. The van der Waals surface area contributed by atoms with E-state index in [0.717, 1.165) is 53.5 Å². The topological polar surface area (TPSA) is 93.9 Å². The molecule has 0 radical (unpaired) electrons. The fraction of sp³-hybridized carbons (Fsp3) is 0.292. The van der Waals surface area contributed by atoms with Gasteiger partial charge in [0.05, 0.1) is 24.6 Å². The van der Waals surface area contributed by atoms with E-state index < -0.39 is 0 Å². The number of aromatic amines is 2. The molecule has 0 bridgehead atoms. The fourth-order valence-electron chi connectivity index (χ4n) is 4.43. The molecular weight excluding hydrogens is 422 g/mol. The van der Waals surface area contributed by atoms with Crippen LogP contribution in [0, 0.1) is 0 Å². The van der Waals surface area contributed by atoms with Gasteiger partial charge in [-0.3, -0.25) is 14.7 Å². The maximum Gasteiger partial charge on any atom is 0.230 e. The Bertz CT molecular complexity index is 1230. The van der Waals surface area contributed by atoms with Crippen LogP contribution in [0.3, 0.4) is 0 Å². The Hall–Kier alpha value is -3.39. The molecule has 1 aliphatic rings. The van der Waals surface area contributed by atoms with Crippen LogP contribution in [-0.2, 0) is 22.4 Å². The first-order chi connectivity index (χ1) is 15.7. The first kappa shape index (κ1) is 20.5. The lowest BCUT2D eigenvalue weighted by molar-refractivity contribution is -0.134. The van der Waals surface area contributed by atoms with Crippen LogP contribution in [0.15, 0.2) is 53.4 Å². The molecule has 32 heavy (non-hydrogen) atoms. The highest BCUT2D eigenvalue weighted by Crippen LogP contribution is 2.32. The summed E-state index contributed by atoms with van der Waals surface area (Å²) < 4.78 is 0. The molecule has 4 aromatic rings. The summed E-state index contributed by atoms with van der Waals surface area (Å²) in [7, 11) is 0. The van der Waals surface area contributed by atoms with Crippen LogP contribution < -0.4 is 5.32 Å². The summed E-state index contributed by atoms with van der Waals surface area (Å²) in [5.74, 6) is 0.504. The molecule has 0 saturated carbocycles. The Labute approximate surface area is 189 Å². The fourth-order valence-corrected chi connectivity index (χ4v) is 5.10. The van der Waals surface area contributed by atoms with Crippen LogP contribution in [0.4, 0.5) is 5.82 Å². The molecule has 3 N–H and O–H groups in total. The van der Waals surface area contributed by atoms with E-state index >= 15 is 0 Å². The second-order valence-electron chi connectivity index (χ2n) is 8.20. The minimum Gasteiger partial charge on any atom is -0.361 e. The standard InChI is InChI=1S/C24H25N5O2S/c30-23(11-16-8-10-32-15-16)26-22-13-20(27-28-22)21-7-3-4-9-29(21)24(31)12-17-14-25-19-6-2-1-5-18(17)19/h1-2,5-6,8,10,13-15,21,25H,3-4,7,9,11-12H2,(H2,26,27,28,30). The lowest BCUT2D eigenvalue weighted by Crippen LogP contribution is -2.39. The van der Waals surface area contributed by atoms with Gasteiger partial charge < -0.3 is 15.2 Å². The number of piperidine rings is 1. The number of carbonyl (C=O) groups excluding carboxylic acids is 2. The van der Waals surface area contributed by atoms with E-state index in [0.29, 0.717) is 18.7 Å². The second kappa shape index (κ2) is 9.00. The molecule has 4 heterocycles. The van der Waals surface area contributed by atoms with Gasteiger partial charge in [-0.15, -0.1) is 0 Å². The largest absolute Gasteiger partial charge is 0.361 e. The molecule has 2 amide bonds. The van der Waals surface area contributed by atoms with E-state index in [-0.39, 0.29) is 17.9 Å². The Morgan fingerprint density at radius 3 is 2.97 bits per heavy atom. The van der Waals surface area contributed by atoms with Gasteiger partial charge in [0.2, 0.25) is 11.8 Å². The van der Waals surface area contributed by atoms with Gasteiger partial charge in [-0.05, 0) is 53.3 Å². The zero-order valence-corrected chi connectivity index (χ0v) is 18.5. The number of likely N-dealkylation sites (tertiary alicyclic amines) is 1. The Morgan fingerprint density at radius 2 is 2.09 bits per heavy atom. The lowest BCUT2D eigenvalue weighted by atomic mass is 9.98. The van der Waals surface area contributed by atoms with Crippen LogP contribution in [0.25, 0.3) is 10.9 Å². The number of thiophene rings is 1. The molecule has 1 unspecified atom stereocenters. The normalized spacial score (nSPS) is 16.4. The minimum atomic E-state index is -0.0997. The minimum absolute atomic E-state index is 0.0588. The highest BCUT2D eigenvalue weighted by atomic mass is 32.1. The Kier molecular flexibility index (Phi) is 5.77. The van der Waals surface area contributed by atoms with Crippen molar-refractivity contribution in [2.75, 3.05) is 11.9 Å². The zero-order chi connectivity index (χ0) is 21.9. The number of amides is 2. The van der Waals surface area contributed by atoms with Gasteiger partial charge >= 0.3 is 0 Å². The maximum atomic E-state index is 13.3. The summed E-state index contributed by atoms with van der Waals surface area (Å²) in [6.07, 6.45) is 5.54. The third kappa shape index (κ3) is 4.31. The molecule has 1 fully saturated rings. The predicted molar refractivity (Wildman–Crippen MR) is 126 cm³/mol. The summed E-state index contributed by atoms with van der Waals surface area (Å²) in [6.45, 7) is 0.727. The Balaban J connectivity index is 1.28. The van der Waals surface area contributed by atoms with Crippen molar-refractivity contribution in [1.82, 2.24) is 20.1 Å². The SMILES string of the molecule is O=C(Cc1ccsc1)Nc1cc(C2CCCCN2C(=O)Cc2c[nH]c3ccccc23)[nH]n1. The average molecular weight is 448 g/mol. The van der Waals surface area contributed by atoms with Crippen molar-refractivity contribution in [2.24, 2.45) is 0 Å². The summed E-state index contributed by atoms with van der Waals surface area (Å²) in [6, 6.07) is 11.8. The second-order valence-corrected chi connectivity index (χ2v) is 8.98. The monoisotopic (exact) mass is 447 g/mol. The van der Waals surface area contributed by atoms with Crippen LogP contribution in [0.5, 0.6) is 0 Å². The smallest absolute Gasteiger partial charge is 0.230 e. The molecule has 1 aliphatic heterocycles. The third-order valence-electron chi connectivity index (χ3n) is 6.01. The Morgan fingerprint density at radius 1 is 1.19 bits per heavy atom. The number of nitrogens with zero attached hydrogens (tertiary/aromatic N) is 2. The molecule has 8 heteroatoms. The highest BCUT2D eigenvalue weighted by molar-refractivity contribution is 7.08. The van der Waals surface area contributed by atoms with Gasteiger partial charge in [0.25, 0.3) is 0 Å². The summed E-state index contributed by atoms with van der Waals surface area (Å²) >= 11 is 1.57. The van der Waals surface area contributed by atoms with Gasteiger partial charge in [-0.2, -0.15) is 16.4 Å². The van der Waals surface area contributed by atoms with Crippen LogP contribution in [0.1, 0.15) is 42.1 Å². The first-order valence-electron chi connectivity index (χ1n) is 10.9. The number of anilines is 1. The average Bonchev–Trinajstić information content (AvgIpc) is 3.56. The number of hydrogen-bond acceptors (Lipinski definition) is 4. The van der Waals surface area contributed by atoms with Crippen molar-refractivity contribution in [2.45, 2.75) is 38.1 Å². The quantitative estimate of drug-likeness (QED) is 0.408. The number of nitrogens with one attached hydrogen (secondary N) is 3. The summed E-state index contributed by atoms with van der Waals surface area (Å²) in [4.78, 5) is 30.8.